The monoisotopic (exact) mass is 492 g/mol. The van der Waals surface area contributed by atoms with Gasteiger partial charge in [-0.05, 0) is 70.4 Å². The Bertz CT molecular complexity index is 1280. The van der Waals surface area contributed by atoms with E-state index in [2.05, 4.69) is 0 Å². The van der Waals surface area contributed by atoms with Crippen molar-refractivity contribution in [1.29, 1.82) is 0 Å². The first-order valence-corrected chi connectivity index (χ1v) is 11.7. The number of hydrogen-bond acceptors (Lipinski definition) is 7. The molecule has 190 valence electrons. The number of ether oxygens (including phenoxy) is 4. The molecule has 3 aromatic rings. The molecule has 0 atom stereocenters. The lowest BCUT2D eigenvalue weighted by Gasteiger charge is -2.19. The summed E-state index contributed by atoms with van der Waals surface area (Å²) in [5.41, 5.74) is 3.27. The van der Waals surface area contributed by atoms with Gasteiger partial charge < -0.3 is 24.1 Å². The quantitative estimate of drug-likeness (QED) is 0.305. The molecule has 0 bridgehead atoms. The van der Waals surface area contributed by atoms with E-state index in [0.29, 0.717) is 34.8 Å². The summed E-state index contributed by atoms with van der Waals surface area (Å²) in [6.45, 7) is 10.6. The molecule has 7 heteroatoms. The van der Waals surface area contributed by atoms with Gasteiger partial charge in [0.2, 0.25) is 0 Å². The highest BCUT2D eigenvalue weighted by Gasteiger charge is 2.26. The Hall–Kier alpha value is -4.00. The average Bonchev–Trinajstić information content (AvgIpc) is 2.82. The first-order chi connectivity index (χ1) is 17.0. The number of phenolic OH excluding ortho intramolecular Hbond substituents is 1. The largest absolute Gasteiger partial charge is 0.507 e. The number of benzene rings is 3. The maximum Gasteiger partial charge on any atom is 0.347 e. The molecule has 0 aliphatic heterocycles. The summed E-state index contributed by atoms with van der Waals surface area (Å²) in [4.78, 5) is 25.7. The predicted molar refractivity (Wildman–Crippen MR) is 136 cm³/mol. The first-order valence-electron chi connectivity index (χ1n) is 11.7. The fraction of sp³-hybridized carbons (Fsp3) is 0.310. The summed E-state index contributed by atoms with van der Waals surface area (Å²) < 4.78 is 22.5. The molecule has 0 fully saturated rings. The van der Waals surface area contributed by atoms with E-state index in [4.69, 9.17) is 18.9 Å². The summed E-state index contributed by atoms with van der Waals surface area (Å²) >= 11 is 0. The molecular formula is C29H32O7. The Morgan fingerprint density at radius 2 is 1.47 bits per heavy atom. The Balaban J connectivity index is 1.91. The number of esters is 2. The zero-order valence-corrected chi connectivity index (χ0v) is 21.7. The molecule has 3 aromatic carbocycles. The number of phenols is 1. The lowest BCUT2D eigenvalue weighted by molar-refractivity contribution is 0.0373. The van der Waals surface area contributed by atoms with Gasteiger partial charge in [0, 0.05) is 11.1 Å². The molecule has 0 saturated heterocycles. The Labute approximate surface area is 211 Å². The lowest BCUT2D eigenvalue weighted by Crippen LogP contribution is -2.16. The Kier molecular flexibility index (Phi) is 8.25. The van der Waals surface area contributed by atoms with Crippen molar-refractivity contribution in [3.63, 3.8) is 0 Å². The maximum atomic E-state index is 13.3. The molecule has 0 spiro atoms. The standard InChI is InChI=1S/C29H32O7/c1-16(2)35-28(31)24-17(3)14-23(19(5)26(24)30)36-29(32)25-18(4)13-22(20(6)27(25)33-7)34-15-21-11-9-8-10-12-21/h8-14,16,30H,15H2,1-7H3. The van der Waals surface area contributed by atoms with Gasteiger partial charge in [-0.3, -0.25) is 0 Å². The van der Waals surface area contributed by atoms with Crippen LogP contribution in [0.3, 0.4) is 0 Å². The van der Waals surface area contributed by atoms with Gasteiger partial charge in [0.05, 0.1) is 13.2 Å². The van der Waals surface area contributed by atoms with E-state index in [1.807, 2.05) is 37.3 Å². The van der Waals surface area contributed by atoms with Crippen LogP contribution >= 0.6 is 0 Å². The minimum absolute atomic E-state index is 0.0468. The van der Waals surface area contributed by atoms with Crippen molar-refractivity contribution in [3.05, 3.63) is 81.4 Å². The molecule has 0 heterocycles. The minimum Gasteiger partial charge on any atom is -0.507 e. The van der Waals surface area contributed by atoms with Crippen molar-refractivity contribution in [2.24, 2.45) is 0 Å². The number of aryl methyl sites for hydroxylation is 2. The number of hydrogen-bond donors (Lipinski definition) is 1. The average molecular weight is 493 g/mol. The van der Waals surface area contributed by atoms with Gasteiger partial charge in [0.25, 0.3) is 0 Å². The number of methoxy groups -OCH3 is 1. The molecule has 0 aliphatic rings. The Morgan fingerprint density at radius 1 is 0.861 bits per heavy atom. The van der Waals surface area contributed by atoms with Crippen molar-refractivity contribution in [1.82, 2.24) is 0 Å². The summed E-state index contributed by atoms with van der Waals surface area (Å²) in [6.07, 6.45) is -0.340. The van der Waals surface area contributed by atoms with E-state index in [1.165, 1.54) is 13.2 Å². The van der Waals surface area contributed by atoms with Crippen LogP contribution < -0.4 is 14.2 Å². The van der Waals surface area contributed by atoms with Gasteiger partial charge in [-0.1, -0.05) is 30.3 Å². The highest BCUT2D eigenvalue weighted by Crippen LogP contribution is 2.38. The van der Waals surface area contributed by atoms with Crippen LogP contribution in [0, 0.1) is 27.7 Å². The molecule has 3 rings (SSSR count). The SMILES string of the molecule is COc1c(C)c(OCc2ccccc2)cc(C)c1C(=O)Oc1cc(C)c(C(=O)OC(C)C)c(O)c1C. The molecule has 0 unspecified atom stereocenters. The summed E-state index contributed by atoms with van der Waals surface area (Å²) in [6, 6.07) is 13.1. The zero-order chi connectivity index (χ0) is 26.6. The van der Waals surface area contributed by atoms with Gasteiger partial charge in [-0.2, -0.15) is 0 Å². The van der Waals surface area contributed by atoms with E-state index in [9.17, 15) is 14.7 Å². The van der Waals surface area contributed by atoms with Crippen molar-refractivity contribution >= 4 is 11.9 Å². The normalized spacial score (nSPS) is 10.8. The van der Waals surface area contributed by atoms with Crippen LogP contribution in [0.2, 0.25) is 0 Å². The summed E-state index contributed by atoms with van der Waals surface area (Å²) in [5, 5.41) is 10.7. The van der Waals surface area contributed by atoms with Gasteiger partial charge in [0.15, 0.2) is 0 Å². The third kappa shape index (κ3) is 5.62. The van der Waals surface area contributed by atoms with Crippen LogP contribution in [-0.2, 0) is 11.3 Å². The molecular weight excluding hydrogens is 460 g/mol. The molecule has 1 N–H and O–H groups in total. The van der Waals surface area contributed by atoms with Crippen LogP contribution in [0.4, 0.5) is 0 Å². The van der Waals surface area contributed by atoms with E-state index in [1.54, 1.807) is 40.7 Å². The van der Waals surface area contributed by atoms with Crippen molar-refractivity contribution in [2.75, 3.05) is 7.11 Å². The van der Waals surface area contributed by atoms with Crippen LogP contribution in [0.5, 0.6) is 23.0 Å². The maximum absolute atomic E-state index is 13.3. The van der Waals surface area contributed by atoms with Crippen molar-refractivity contribution in [3.8, 4) is 23.0 Å². The highest BCUT2D eigenvalue weighted by molar-refractivity contribution is 5.98. The van der Waals surface area contributed by atoms with Crippen molar-refractivity contribution < 1.29 is 33.6 Å². The van der Waals surface area contributed by atoms with E-state index < -0.39 is 11.9 Å². The highest BCUT2D eigenvalue weighted by atomic mass is 16.5. The second kappa shape index (κ2) is 11.2. The third-order valence-corrected chi connectivity index (χ3v) is 5.78. The summed E-state index contributed by atoms with van der Waals surface area (Å²) in [5.74, 6) is -0.490. The molecule has 0 aliphatic carbocycles. The van der Waals surface area contributed by atoms with Gasteiger partial charge >= 0.3 is 11.9 Å². The number of carbonyl (C=O) groups is 2. The topological polar surface area (TPSA) is 91.3 Å². The van der Waals surface area contributed by atoms with Crippen LogP contribution in [0.15, 0.2) is 42.5 Å². The van der Waals surface area contributed by atoms with E-state index in [-0.39, 0.29) is 34.3 Å². The summed E-state index contributed by atoms with van der Waals surface area (Å²) in [7, 11) is 1.48. The molecule has 0 radical (unpaired) electrons. The van der Waals surface area contributed by atoms with Gasteiger partial charge in [0.1, 0.15) is 40.7 Å². The van der Waals surface area contributed by atoms with Gasteiger partial charge in [-0.15, -0.1) is 0 Å². The van der Waals surface area contributed by atoms with E-state index >= 15 is 0 Å². The molecule has 36 heavy (non-hydrogen) atoms. The molecule has 0 saturated carbocycles. The predicted octanol–water partition coefficient (Wildman–Crippen LogP) is 6.00. The number of carbonyl (C=O) groups excluding carboxylic acids is 2. The van der Waals surface area contributed by atoms with Crippen LogP contribution in [0.1, 0.15) is 62.4 Å². The van der Waals surface area contributed by atoms with E-state index in [0.717, 1.165) is 5.56 Å². The minimum atomic E-state index is -0.651. The third-order valence-electron chi connectivity index (χ3n) is 5.78. The number of aromatic hydroxyl groups is 1. The number of rotatable bonds is 8. The van der Waals surface area contributed by atoms with Crippen LogP contribution in [0.25, 0.3) is 0 Å². The first kappa shape index (κ1) is 26.6. The molecule has 7 nitrogen and oxygen atoms in total. The second-order valence-electron chi connectivity index (χ2n) is 8.88. The smallest absolute Gasteiger partial charge is 0.347 e. The zero-order valence-electron chi connectivity index (χ0n) is 21.7. The van der Waals surface area contributed by atoms with Crippen molar-refractivity contribution in [2.45, 2.75) is 54.3 Å². The van der Waals surface area contributed by atoms with Gasteiger partial charge in [-0.25, -0.2) is 9.59 Å². The lowest BCUT2D eigenvalue weighted by atomic mass is 10.0. The molecule has 0 aromatic heterocycles. The molecule has 0 amide bonds. The fourth-order valence-electron chi connectivity index (χ4n) is 3.91. The van der Waals surface area contributed by atoms with Crippen LogP contribution in [-0.4, -0.2) is 30.3 Å². The fourth-order valence-corrected chi connectivity index (χ4v) is 3.91. The Morgan fingerprint density at radius 3 is 2.08 bits per heavy atom. The second-order valence-corrected chi connectivity index (χ2v) is 8.88.